The molecule has 4 heteroatoms. The van der Waals surface area contributed by atoms with Crippen molar-refractivity contribution in [1.29, 1.82) is 0 Å². The van der Waals surface area contributed by atoms with Crippen LogP contribution < -0.4 is 4.90 Å². The highest BCUT2D eigenvalue weighted by atomic mass is 16.2. The van der Waals surface area contributed by atoms with Crippen molar-refractivity contribution in [2.75, 3.05) is 11.4 Å². The summed E-state index contributed by atoms with van der Waals surface area (Å²) >= 11 is 0. The van der Waals surface area contributed by atoms with E-state index in [0.29, 0.717) is 12.2 Å². The summed E-state index contributed by atoms with van der Waals surface area (Å²) in [6, 6.07) is 9.59. The van der Waals surface area contributed by atoms with Crippen molar-refractivity contribution in [2.45, 2.75) is 6.92 Å². The van der Waals surface area contributed by atoms with Crippen molar-refractivity contribution in [3.8, 4) is 0 Å². The lowest BCUT2D eigenvalue weighted by Gasteiger charge is -2.19. The molecule has 0 aliphatic carbocycles. The third kappa shape index (κ3) is 1.95. The van der Waals surface area contributed by atoms with Crippen LogP contribution in [-0.2, 0) is 0 Å². The van der Waals surface area contributed by atoms with E-state index in [1.54, 1.807) is 4.90 Å². The SMILES string of the molecule is CCN(C(=O)c1cnc[nH]1)c1ccccc1. The summed E-state index contributed by atoms with van der Waals surface area (Å²) in [6.07, 6.45) is 3.04. The Morgan fingerprint density at radius 3 is 2.69 bits per heavy atom. The molecule has 2 aromatic rings. The maximum atomic E-state index is 12.1. The average Bonchev–Trinajstić information content (AvgIpc) is 2.85. The molecule has 1 N–H and O–H groups in total. The molecule has 2 rings (SSSR count). The lowest BCUT2D eigenvalue weighted by atomic mass is 10.2. The number of aromatic nitrogens is 2. The zero-order valence-corrected chi connectivity index (χ0v) is 9.05. The monoisotopic (exact) mass is 215 g/mol. The van der Waals surface area contributed by atoms with Gasteiger partial charge in [0.05, 0.1) is 12.5 Å². The Labute approximate surface area is 93.9 Å². The molecule has 16 heavy (non-hydrogen) atoms. The van der Waals surface area contributed by atoms with Gasteiger partial charge < -0.3 is 9.88 Å². The van der Waals surface area contributed by atoms with E-state index in [1.807, 2.05) is 37.3 Å². The van der Waals surface area contributed by atoms with Gasteiger partial charge in [-0.05, 0) is 19.1 Å². The van der Waals surface area contributed by atoms with Gasteiger partial charge in [-0.15, -0.1) is 0 Å². The molecule has 0 fully saturated rings. The van der Waals surface area contributed by atoms with E-state index in [2.05, 4.69) is 9.97 Å². The second kappa shape index (κ2) is 4.61. The van der Waals surface area contributed by atoms with Crippen LogP contribution in [0.3, 0.4) is 0 Å². The minimum absolute atomic E-state index is 0.0637. The molecule has 0 atom stereocenters. The maximum Gasteiger partial charge on any atom is 0.276 e. The highest BCUT2D eigenvalue weighted by molar-refractivity contribution is 6.04. The van der Waals surface area contributed by atoms with Crippen molar-refractivity contribution in [2.24, 2.45) is 0 Å². The first-order valence-corrected chi connectivity index (χ1v) is 5.18. The smallest absolute Gasteiger partial charge is 0.276 e. The third-order valence-electron chi connectivity index (χ3n) is 2.36. The topological polar surface area (TPSA) is 49.0 Å². The van der Waals surface area contributed by atoms with Crippen LogP contribution in [-0.4, -0.2) is 22.4 Å². The summed E-state index contributed by atoms with van der Waals surface area (Å²) in [6.45, 7) is 2.57. The molecule has 1 aromatic heterocycles. The molecule has 1 aromatic carbocycles. The number of aromatic amines is 1. The van der Waals surface area contributed by atoms with E-state index < -0.39 is 0 Å². The Balaban J connectivity index is 2.27. The second-order valence-corrected chi connectivity index (χ2v) is 3.35. The number of nitrogens with one attached hydrogen (secondary N) is 1. The van der Waals surface area contributed by atoms with Gasteiger partial charge in [0.2, 0.25) is 0 Å². The van der Waals surface area contributed by atoms with Crippen LogP contribution in [0.5, 0.6) is 0 Å². The maximum absolute atomic E-state index is 12.1. The van der Waals surface area contributed by atoms with Gasteiger partial charge in [0.15, 0.2) is 0 Å². The van der Waals surface area contributed by atoms with Gasteiger partial charge in [-0.25, -0.2) is 4.98 Å². The van der Waals surface area contributed by atoms with Crippen molar-refractivity contribution >= 4 is 11.6 Å². The lowest BCUT2D eigenvalue weighted by Crippen LogP contribution is -2.30. The molecule has 0 aliphatic rings. The molecule has 0 saturated heterocycles. The summed E-state index contributed by atoms with van der Waals surface area (Å²) in [5.74, 6) is -0.0637. The second-order valence-electron chi connectivity index (χ2n) is 3.35. The standard InChI is InChI=1S/C12H13N3O/c1-2-15(10-6-4-3-5-7-10)12(16)11-8-13-9-14-11/h3-9H,2H2,1H3,(H,13,14). The summed E-state index contributed by atoms with van der Waals surface area (Å²) < 4.78 is 0. The van der Waals surface area contributed by atoms with Gasteiger partial charge in [-0.2, -0.15) is 0 Å². The summed E-state index contributed by atoms with van der Waals surface area (Å²) in [5, 5.41) is 0. The molecule has 0 radical (unpaired) electrons. The number of benzene rings is 1. The van der Waals surface area contributed by atoms with Gasteiger partial charge in [0, 0.05) is 12.2 Å². The number of anilines is 1. The van der Waals surface area contributed by atoms with Crippen molar-refractivity contribution < 1.29 is 4.79 Å². The third-order valence-corrected chi connectivity index (χ3v) is 2.36. The number of para-hydroxylation sites is 1. The van der Waals surface area contributed by atoms with Crippen molar-refractivity contribution in [3.05, 3.63) is 48.5 Å². The minimum Gasteiger partial charge on any atom is -0.341 e. The summed E-state index contributed by atoms with van der Waals surface area (Å²) in [7, 11) is 0. The van der Waals surface area contributed by atoms with Crippen LogP contribution in [0.1, 0.15) is 17.4 Å². The predicted octanol–water partition coefficient (Wildman–Crippen LogP) is 2.08. The highest BCUT2D eigenvalue weighted by Crippen LogP contribution is 2.15. The first kappa shape index (κ1) is 10.4. The van der Waals surface area contributed by atoms with Crippen LogP contribution in [0.4, 0.5) is 5.69 Å². The largest absolute Gasteiger partial charge is 0.341 e. The predicted molar refractivity (Wildman–Crippen MR) is 62.4 cm³/mol. The molecule has 0 spiro atoms. The number of carbonyl (C=O) groups excluding carboxylic acids is 1. The first-order chi connectivity index (χ1) is 7.83. The van der Waals surface area contributed by atoms with E-state index in [1.165, 1.54) is 12.5 Å². The first-order valence-electron chi connectivity index (χ1n) is 5.18. The molecule has 0 unspecified atom stereocenters. The number of rotatable bonds is 3. The average molecular weight is 215 g/mol. The summed E-state index contributed by atoms with van der Waals surface area (Å²) in [5.41, 5.74) is 1.40. The molecule has 0 aliphatic heterocycles. The number of nitrogens with zero attached hydrogens (tertiary/aromatic N) is 2. The van der Waals surface area contributed by atoms with Gasteiger partial charge in [-0.3, -0.25) is 4.79 Å². The van der Waals surface area contributed by atoms with Crippen LogP contribution in [0.15, 0.2) is 42.9 Å². The van der Waals surface area contributed by atoms with E-state index in [-0.39, 0.29) is 5.91 Å². The molecule has 4 nitrogen and oxygen atoms in total. The minimum atomic E-state index is -0.0637. The fourth-order valence-corrected chi connectivity index (χ4v) is 1.57. The molecular weight excluding hydrogens is 202 g/mol. The van der Waals surface area contributed by atoms with Crippen LogP contribution >= 0.6 is 0 Å². The van der Waals surface area contributed by atoms with Gasteiger partial charge >= 0.3 is 0 Å². The zero-order chi connectivity index (χ0) is 11.4. The molecular formula is C12H13N3O. The summed E-state index contributed by atoms with van der Waals surface area (Å²) in [4.78, 5) is 20.5. The molecule has 0 bridgehead atoms. The number of carbonyl (C=O) groups is 1. The van der Waals surface area contributed by atoms with Crippen LogP contribution in [0, 0.1) is 0 Å². The fourth-order valence-electron chi connectivity index (χ4n) is 1.57. The van der Waals surface area contributed by atoms with E-state index in [9.17, 15) is 4.79 Å². The Hall–Kier alpha value is -2.10. The normalized spacial score (nSPS) is 10.1. The van der Waals surface area contributed by atoms with Gasteiger partial charge in [-0.1, -0.05) is 18.2 Å². The highest BCUT2D eigenvalue weighted by Gasteiger charge is 2.16. The van der Waals surface area contributed by atoms with E-state index in [4.69, 9.17) is 0 Å². The lowest BCUT2D eigenvalue weighted by molar-refractivity contribution is 0.0984. The fraction of sp³-hybridized carbons (Fsp3) is 0.167. The quantitative estimate of drug-likeness (QED) is 0.852. The molecule has 82 valence electrons. The Bertz CT molecular complexity index is 450. The number of amides is 1. The van der Waals surface area contributed by atoms with Crippen LogP contribution in [0.2, 0.25) is 0 Å². The zero-order valence-electron chi connectivity index (χ0n) is 9.05. The van der Waals surface area contributed by atoms with Gasteiger partial charge in [0.25, 0.3) is 5.91 Å². The number of hydrogen-bond acceptors (Lipinski definition) is 2. The number of hydrogen-bond donors (Lipinski definition) is 1. The molecule has 0 saturated carbocycles. The van der Waals surface area contributed by atoms with Gasteiger partial charge in [0.1, 0.15) is 5.69 Å². The Morgan fingerprint density at radius 2 is 2.12 bits per heavy atom. The van der Waals surface area contributed by atoms with E-state index >= 15 is 0 Å². The van der Waals surface area contributed by atoms with Crippen molar-refractivity contribution in [3.63, 3.8) is 0 Å². The van der Waals surface area contributed by atoms with E-state index in [0.717, 1.165) is 5.69 Å². The molecule has 1 heterocycles. The van der Waals surface area contributed by atoms with Crippen LogP contribution in [0.25, 0.3) is 0 Å². The number of H-pyrrole nitrogens is 1. The van der Waals surface area contributed by atoms with Crippen molar-refractivity contribution in [1.82, 2.24) is 9.97 Å². The number of imidazole rings is 1. The Kier molecular flexibility index (Phi) is 3.00. The Morgan fingerprint density at radius 1 is 1.38 bits per heavy atom. The molecule has 1 amide bonds.